The summed E-state index contributed by atoms with van der Waals surface area (Å²) in [5.41, 5.74) is 17.7. The maximum Gasteiger partial charge on any atom is 0.164 e. The summed E-state index contributed by atoms with van der Waals surface area (Å²) >= 11 is 0. The summed E-state index contributed by atoms with van der Waals surface area (Å²) in [4.78, 5) is 15.8. The minimum Gasteiger partial charge on any atom is -0.456 e. The molecule has 0 atom stereocenters. The molecule has 5 nitrogen and oxygen atoms in total. The molecule has 14 rings (SSSR count). The van der Waals surface area contributed by atoms with Crippen molar-refractivity contribution in [3.05, 3.63) is 222 Å². The van der Waals surface area contributed by atoms with Gasteiger partial charge in [0.05, 0.1) is 5.41 Å². The molecule has 0 aliphatic heterocycles. The zero-order valence-corrected chi connectivity index (χ0v) is 33.7. The van der Waals surface area contributed by atoms with Gasteiger partial charge in [-0.05, 0) is 104 Å². The topological polar surface area (TPSA) is 65.0 Å². The first-order valence-corrected chi connectivity index (χ1v) is 21.3. The molecule has 0 fully saturated rings. The lowest BCUT2D eigenvalue weighted by molar-refractivity contribution is 0.668. The molecule has 1 spiro atoms. The maximum atomic E-state index is 6.37. The highest BCUT2D eigenvalue weighted by Gasteiger charge is 2.49. The predicted octanol–water partition coefficient (Wildman–Crippen LogP) is 14.7. The van der Waals surface area contributed by atoms with E-state index in [1.165, 1.54) is 50.1 Å². The second-order valence-corrected chi connectivity index (χ2v) is 16.6. The van der Waals surface area contributed by atoms with E-state index in [0.29, 0.717) is 17.5 Å². The summed E-state index contributed by atoms with van der Waals surface area (Å²) in [6, 6.07) is 71.2. The molecule has 9 aromatic carbocycles. The smallest absolute Gasteiger partial charge is 0.164 e. The van der Waals surface area contributed by atoms with Gasteiger partial charge in [0, 0.05) is 38.2 Å². The third kappa shape index (κ3) is 4.79. The molecule has 2 aliphatic carbocycles. The van der Waals surface area contributed by atoms with E-state index in [-0.39, 0.29) is 0 Å². The van der Waals surface area contributed by atoms with Crippen LogP contribution in [0.2, 0.25) is 0 Å². The van der Waals surface area contributed by atoms with E-state index in [9.17, 15) is 0 Å². The fraction of sp³-hybridized carbons (Fsp3) is 0.0172. The van der Waals surface area contributed by atoms with Gasteiger partial charge in [-0.2, -0.15) is 0 Å². The molecule has 5 heteroatoms. The highest BCUT2D eigenvalue weighted by molar-refractivity contribution is 6.07. The first-order chi connectivity index (χ1) is 31.2. The van der Waals surface area contributed by atoms with Gasteiger partial charge in [-0.25, -0.2) is 15.0 Å². The van der Waals surface area contributed by atoms with Crippen LogP contribution in [0.15, 0.2) is 209 Å². The molecular formula is C58H33N3O2. The molecule has 0 amide bonds. The van der Waals surface area contributed by atoms with Crippen LogP contribution in [0, 0.1) is 0 Å². The van der Waals surface area contributed by atoms with Crippen molar-refractivity contribution in [2.75, 3.05) is 0 Å². The monoisotopic (exact) mass is 803 g/mol. The highest BCUT2D eigenvalue weighted by atomic mass is 16.3. The highest BCUT2D eigenvalue weighted by Crippen LogP contribution is 2.61. The number of hydrogen-bond donors (Lipinski definition) is 0. The Labute approximate surface area is 361 Å². The van der Waals surface area contributed by atoms with E-state index in [1.807, 2.05) is 54.6 Å². The second kappa shape index (κ2) is 12.8. The molecule has 0 saturated heterocycles. The molecule has 0 bridgehead atoms. The zero-order valence-electron chi connectivity index (χ0n) is 33.7. The number of benzene rings is 9. The number of aromatic nitrogens is 3. The van der Waals surface area contributed by atoms with Gasteiger partial charge in [0.2, 0.25) is 0 Å². The van der Waals surface area contributed by atoms with Gasteiger partial charge < -0.3 is 8.83 Å². The number of fused-ring (bicyclic) bond motifs is 18. The van der Waals surface area contributed by atoms with Crippen LogP contribution in [0.1, 0.15) is 22.3 Å². The minimum atomic E-state index is -0.573. The molecule has 0 N–H and O–H groups in total. The van der Waals surface area contributed by atoms with Crippen molar-refractivity contribution in [3.8, 4) is 67.5 Å². The lowest BCUT2D eigenvalue weighted by atomic mass is 9.66. The Balaban J connectivity index is 1.03. The molecule has 2 aliphatic rings. The van der Waals surface area contributed by atoms with E-state index in [0.717, 1.165) is 66.1 Å². The average Bonchev–Trinajstić information content (AvgIpc) is 3.99. The molecular weight excluding hydrogens is 771 g/mol. The molecule has 12 aromatic rings. The van der Waals surface area contributed by atoms with Crippen LogP contribution < -0.4 is 0 Å². The van der Waals surface area contributed by atoms with Crippen molar-refractivity contribution in [2.24, 2.45) is 0 Å². The molecule has 3 aromatic heterocycles. The number of para-hydroxylation sites is 2. The van der Waals surface area contributed by atoms with E-state index < -0.39 is 5.41 Å². The molecule has 292 valence electrons. The van der Waals surface area contributed by atoms with Gasteiger partial charge in [-0.1, -0.05) is 152 Å². The number of furan rings is 2. The Morgan fingerprint density at radius 1 is 0.270 bits per heavy atom. The van der Waals surface area contributed by atoms with Gasteiger partial charge in [-0.3, -0.25) is 0 Å². The van der Waals surface area contributed by atoms with E-state index >= 15 is 0 Å². The summed E-state index contributed by atoms with van der Waals surface area (Å²) in [5, 5.41) is 4.19. The second-order valence-electron chi connectivity index (χ2n) is 16.6. The Hall–Kier alpha value is -8.41. The van der Waals surface area contributed by atoms with Crippen molar-refractivity contribution in [3.63, 3.8) is 0 Å². The predicted molar refractivity (Wildman–Crippen MR) is 252 cm³/mol. The van der Waals surface area contributed by atoms with Gasteiger partial charge in [0.25, 0.3) is 0 Å². The van der Waals surface area contributed by atoms with Crippen molar-refractivity contribution in [2.45, 2.75) is 5.41 Å². The fourth-order valence-corrected chi connectivity index (χ4v) is 10.7. The summed E-state index contributed by atoms with van der Waals surface area (Å²) in [5.74, 6) is 1.72. The first-order valence-electron chi connectivity index (χ1n) is 21.3. The molecule has 0 radical (unpaired) electrons. The van der Waals surface area contributed by atoms with E-state index in [4.69, 9.17) is 23.8 Å². The number of nitrogens with zero attached hydrogens (tertiary/aromatic N) is 3. The normalized spacial score (nSPS) is 13.2. The van der Waals surface area contributed by atoms with Crippen LogP contribution in [0.25, 0.3) is 111 Å². The molecule has 3 heterocycles. The van der Waals surface area contributed by atoms with Gasteiger partial charge >= 0.3 is 0 Å². The first kappa shape index (κ1) is 34.3. The summed E-state index contributed by atoms with van der Waals surface area (Å²) in [6.45, 7) is 0. The van der Waals surface area contributed by atoms with Crippen molar-refractivity contribution in [1.29, 1.82) is 0 Å². The van der Waals surface area contributed by atoms with Crippen molar-refractivity contribution in [1.82, 2.24) is 15.0 Å². The standard InChI is InChI=1S/C58H33N3O2/c1-2-14-38-37(13-1)39-15-3-8-20-47(39)58(48-21-9-4-16-40(48)41-17-5-10-22-49(41)58)50-29-26-34(31-45(38)50)55-59-56(35-27-30-53-46(32-35)43-19-7-12-24-52(43)62-53)61-57(60-55)36-25-28-44-42-18-6-11-23-51(42)63-54(44)33-36/h1-33H. The minimum absolute atomic E-state index is 0.562. The van der Waals surface area contributed by atoms with Crippen LogP contribution in [0.5, 0.6) is 0 Å². The Morgan fingerprint density at radius 2 is 0.667 bits per heavy atom. The lowest BCUT2D eigenvalue weighted by Gasteiger charge is -2.35. The van der Waals surface area contributed by atoms with Crippen LogP contribution in [0.4, 0.5) is 0 Å². The van der Waals surface area contributed by atoms with Gasteiger partial charge in [-0.15, -0.1) is 0 Å². The van der Waals surface area contributed by atoms with E-state index in [2.05, 4.69) is 146 Å². The lowest BCUT2D eigenvalue weighted by Crippen LogP contribution is -2.29. The third-order valence-electron chi connectivity index (χ3n) is 13.4. The Bertz CT molecular complexity index is 3850. The number of rotatable bonds is 3. The Morgan fingerprint density at radius 3 is 1.30 bits per heavy atom. The molecule has 0 unspecified atom stereocenters. The fourth-order valence-electron chi connectivity index (χ4n) is 10.7. The quantitative estimate of drug-likeness (QED) is 0.178. The Kier molecular flexibility index (Phi) is 6.97. The van der Waals surface area contributed by atoms with Crippen LogP contribution in [-0.2, 0) is 5.41 Å². The molecule has 0 saturated carbocycles. The zero-order chi connectivity index (χ0) is 41.2. The van der Waals surface area contributed by atoms with Crippen molar-refractivity contribution < 1.29 is 8.83 Å². The third-order valence-corrected chi connectivity index (χ3v) is 13.4. The van der Waals surface area contributed by atoms with Crippen molar-refractivity contribution >= 4 is 43.9 Å². The largest absolute Gasteiger partial charge is 0.456 e. The summed E-state index contributed by atoms with van der Waals surface area (Å²) in [6.07, 6.45) is 0. The van der Waals surface area contributed by atoms with E-state index in [1.54, 1.807) is 0 Å². The SMILES string of the molecule is c1ccc2c(c1)-c1ccccc1C1(c3ccc(-c4nc(-c5ccc6c(c5)oc5ccccc56)nc(-c5ccc6oc7ccccc7c6c5)n4)cc3-2)c2ccccc2-c2ccccc21. The van der Waals surface area contributed by atoms with Gasteiger partial charge in [0.15, 0.2) is 17.5 Å². The summed E-state index contributed by atoms with van der Waals surface area (Å²) in [7, 11) is 0. The average molecular weight is 804 g/mol. The molecule has 63 heavy (non-hydrogen) atoms. The summed E-state index contributed by atoms with van der Waals surface area (Å²) < 4.78 is 12.6. The van der Waals surface area contributed by atoms with Gasteiger partial charge in [0.1, 0.15) is 22.3 Å². The maximum absolute atomic E-state index is 6.37. The van der Waals surface area contributed by atoms with Crippen LogP contribution in [0.3, 0.4) is 0 Å². The number of hydrogen-bond acceptors (Lipinski definition) is 5. The van der Waals surface area contributed by atoms with Crippen LogP contribution >= 0.6 is 0 Å². The van der Waals surface area contributed by atoms with Crippen LogP contribution in [-0.4, -0.2) is 15.0 Å².